The van der Waals surface area contributed by atoms with Gasteiger partial charge in [0.15, 0.2) is 0 Å². The van der Waals surface area contributed by atoms with Gasteiger partial charge in [-0.15, -0.1) is 21.5 Å². The second kappa shape index (κ2) is 5.40. The molecule has 6 heteroatoms. The van der Waals surface area contributed by atoms with Gasteiger partial charge in [-0.1, -0.05) is 6.07 Å². The van der Waals surface area contributed by atoms with Crippen LogP contribution in [0.3, 0.4) is 0 Å². The number of hydrogen-bond donors (Lipinski definition) is 1. The summed E-state index contributed by atoms with van der Waals surface area (Å²) in [5.41, 5.74) is 0. The Bertz CT molecular complexity index is 524. The Morgan fingerprint density at radius 3 is 3.16 bits per heavy atom. The first kappa shape index (κ1) is 12.8. The van der Waals surface area contributed by atoms with Gasteiger partial charge in [0.1, 0.15) is 0 Å². The Balaban J connectivity index is 1.62. The molecule has 2 aromatic heterocycles. The van der Waals surface area contributed by atoms with Crippen LogP contribution in [0.1, 0.15) is 19.2 Å². The summed E-state index contributed by atoms with van der Waals surface area (Å²) in [6, 6.07) is 3.94. The lowest BCUT2D eigenvalue weighted by atomic mass is 10.0. The predicted octanol–water partition coefficient (Wildman–Crippen LogP) is 2.00. The maximum absolute atomic E-state index is 9.59. The maximum atomic E-state index is 9.59. The van der Waals surface area contributed by atoms with Gasteiger partial charge in [0, 0.05) is 6.54 Å². The van der Waals surface area contributed by atoms with E-state index in [4.69, 9.17) is 4.42 Å². The number of rotatable bonds is 4. The van der Waals surface area contributed by atoms with Crippen LogP contribution in [0.4, 0.5) is 0 Å². The van der Waals surface area contributed by atoms with E-state index in [1.807, 2.05) is 24.4 Å². The molecule has 2 atom stereocenters. The van der Waals surface area contributed by atoms with Gasteiger partial charge in [0.05, 0.1) is 17.5 Å². The smallest absolute Gasteiger partial charge is 0.257 e. The summed E-state index contributed by atoms with van der Waals surface area (Å²) < 4.78 is 5.67. The molecule has 2 unspecified atom stereocenters. The molecule has 1 aliphatic rings. The molecule has 1 saturated heterocycles. The van der Waals surface area contributed by atoms with Gasteiger partial charge in [-0.25, -0.2) is 0 Å². The first-order valence-electron chi connectivity index (χ1n) is 6.49. The van der Waals surface area contributed by atoms with Crippen molar-refractivity contribution in [3.05, 3.63) is 23.4 Å². The Labute approximate surface area is 115 Å². The Kier molecular flexibility index (Phi) is 3.63. The third-order valence-corrected chi connectivity index (χ3v) is 4.41. The number of likely N-dealkylation sites (tertiary alicyclic amines) is 1. The quantitative estimate of drug-likeness (QED) is 0.927. The highest BCUT2D eigenvalue weighted by molar-refractivity contribution is 7.13. The molecular formula is C13H17N3O2S. The zero-order valence-electron chi connectivity index (χ0n) is 10.8. The molecule has 0 bridgehead atoms. The van der Waals surface area contributed by atoms with Gasteiger partial charge in [0.2, 0.25) is 5.89 Å². The van der Waals surface area contributed by atoms with Crippen LogP contribution in [-0.4, -0.2) is 39.4 Å². The summed E-state index contributed by atoms with van der Waals surface area (Å²) in [7, 11) is 0. The van der Waals surface area contributed by atoms with Gasteiger partial charge >= 0.3 is 0 Å². The molecule has 0 aromatic carbocycles. The van der Waals surface area contributed by atoms with Crippen molar-refractivity contribution < 1.29 is 9.52 Å². The van der Waals surface area contributed by atoms with Crippen molar-refractivity contribution in [1.29, 1.82) is 0 Å². The second-order valence-electron chi connectivity index (χ2n) is 5.00. The van der Waals surface area contributed by atoms with Crippen LogP contribution in [-0.2, 0) is 6.54 Å². The Morgan fingerprint density at radius 2 is 2.47 bits per heavy atom. The number of nitrogens with zero attached hydrogens (tertiary/aromatic N) is 3. The van der Waals surface area contributed by atoms with E-state index < -0.39 is 0 Å². The van der Waals surface area contributed by atoms with Crippen LogP contribution >= 0.6 is 11.3 Å². The minimum Gasteiger partial charge on any atom is -0.419 e. The van der Waals surface area contributed by atoms with E-state index in [0.717, 1.165) is 24.4 Å². The lowest BCUT2D eigenvalue weighted by molar-refractivity contribution is 0.126. The summed E-state index contributed by atoms with van der Waals surface area (Å²) in [5, 5.41) is 19.7. The molecule has 0 amide bonds. The van der Waals surface area contributed by atoms with E-state index >= 15 is 0 Å². The highest BCUT2D eigenvalue weighted by Crippen LogP contribution is 2.25. The van der Waals surface area contributed by atoms with Crippen LogP contribution in [0, 0.1) is 5.92 Å². The highest BCUT2D eigenvalue weighted by atomic mass is 32.1. The van der Waals surface area contributed by atoms with E-state index in [-0.39, 0.29) is 6.10 Å². The maximum Gasteiger partial charge on any atom is 0.257 e. The summed E-state index contributed by atoms with van der Waals surface area (Å²) in [5.74, 6) is 1.60. The Morgan fingerprint density at radius 1 is 1.58 bits per heavy atom. The third kappa shape index (κ3) is 2.86. The SMILES string of the molecule is CC(O)C1CCN(Cc2nnc(-c3cccs3)o2)C1. The van der Waals surface area contributed by atoms with E-state index in [9.17, 15) is 5.11 Å². The van der Waals surface area contributed by atoms with Crippen molar-refractivity contribution in [2.75, 3.05) is 13.1 Å². The predicted molar refractivity (Wildman–Crippen MR) is 72.7 cm³/mol. The fraction of sp³-hybridized carbons (Fsp3) is 0.538. The number of aromatic nitrogens is 2. The molecule has 102 valence electrons. The van der Waals surface area contributed by atoms with Crippen molar-refractivity contribution in [1.82, 2.24) is 15.1 Å². The molecule has 2 aromatic rings. The van der Waals surface area contributed by atoms with Crippen LogP contribution in [0.5, 0.6) is 0 Å². The largest absolute Gasteiger partial charge is 0.419 e. The lowest BCUT2D eigenvalue weighted by Gasteiger charge is -2.15. The van der Waals surface area contributed by atoms with Crippen LogP contribution in [0.25, 0.3) is 10.8 Å². The van der Waals surface area contributed by atoms with Gasteiger partial charge < -0.3 is 9.52 Å². The standard InChI is InChI=1S/C13H17N3O2S/c1-9(17)10-4-5-16(7-10)8-12-14-15-13(18-12)11-3-2-6-19-11/h2-3,6,9-10,17H,4-5,7-8H2,1H3. The van der Waals surface area contributed by atoms with Crippen molar-refractivity contribution in [2.24, 2.45) is 5.92 Å². The normalized spacial score (nSPS) is 21.9. The fourth-order valence-electron chi connectivity index (χ4n) is 2.41. The minimum atomic E-state index is -0.241. The Hall–Kier alpha value is -1.24. The fourth-order valence-corrected chi connectivity index (χ4v) is 3.05. The second-order valence-corrected chi connectivity index (χ2v) is 5.95. The summed E-state index contributed by atoms with van der Waals surface area (Å²) in [4.78, 5) is 3.25. The molecule has 1 fully saturated rings. The number of aliphatic hydroxyl groups excluding tert-OH is 1. The topological polar surface area (TPSA) is 62.4 Å². The molecule has 0 spiro atoms. The zero-order valence-corrected chi connectivity index (χ0v) is 11.6. The van der Waals surface area contributed by atoms with Crippen molar-refractivity contribution in [2.45, 2.75) is 26.0 Å². The van der Waals surface area contributed by atoms with Crippen LogP contribution in [0.2, 0.25) is 0 Å². The monoisotopic (exact) mass is 279 g/mol. The minimum absolute atomic E-state index is 0.241. The van der Waals surface area contributed by atoms with Gasteiger partial charge in [-0.05, 0) is 37.3 Å². The number of thiophene rings is 1. The third-order valence-electron chi connectivity index (χ3n) is 3.55. The average Bonchev–Trinajstić information content (AvgIpc) is 3.09. The van der Waals surface area contributed by atoms with Crippen molar-refractivity contribution >= 4 is 11.3 Å². The molecular weight excluding hydrogens is 262 g/mol. The average molecular weight is 279 g/mol. The highest BCUT2D eigenvalue weighted by Gasteiger charge is 2.27. The van der Waals surface area contributed by atoms with E-state index in [0.29, 0.717) is 24.2 Å². The molecule has 0 aliphatic carbocycles. The molecule has 0 radical (unpaired) electrons. The molecule has 5 nitrogen and oxygen atoms in total. The molecule has 19 heavy (non-hydrogen) atoms. The molecule has 0 saturated carbocycles. The van der Waals surface area contributed by atoms with Crippen molar-refractivity contribution in [3.63, 3.8) is 0 Å². The first-order valence-corrected chi connectivity index (χ1v) is 7.37. The van der Waals surface area contributed by atoms with E-state index in [1.54, 1.807) is 11.3 Å². The van der Waals surface area contributed by atoms with Crippen LogP contribution in [0.15, 0.2) is 21.9 Å². The lowest BCUT2D eigenvalue weighted by Crippen LogP contribution is -2.24. The summed E-state index contributed by atoms with van der Waals surface area (Å²) in [6.07, 6.45) is 0.790. The van der Waals surface area contributed by atoms with Gasteiger partial charge in [-0.3, -0.25) is 4.90 Å². The van der Waals surface area contributed by atoms with Gasteiger partial charge in [0.25, 0.3) is 5.89 Å². The molecule has 3 heterocycles. The van der Waals surface area contributed by atoms with Crippen LogP contribution < -0.4 is 0 Å². The van der Waals surface area contributed by atoms with Crippen molar-refractivity contribution in [3.8, 4) is 10.8 Å². The number of hydrogen-bond acceptors (Lipinski definition) is 6. The summed E-state index contributed by atoms with van der Waals surface area (Å²) in [6.45, 7) is 4.40. The van der Waals surface area contributed by atoms with E-state index in [2.05, 4.69) is 15.1 Å². The number of aliphatic hydroxyl groups is 1. The zero-order chi connectivity index (χ0) is 13.2. The molecule has 3 rings (SSSR count). The molecule has 1 aliphatic heterocycles. The summed E-state index contributed by atoms with van der Waals surface area (Å²) >= 11 is 1.59. The first-order chi connectivity index (χ1) is 9.22. The molecule has 1 N–H and O–H groups in total. The van der Waals surface area contributed by atoms with E-state index in [1.165, 1.54) is 0 Å². The van der Waals surface area contributed by atoms with Gasteiger partial charge in [-0.2, -0.15) is 0 Å².